The minimum atomic E-state index is -1.38. The predicted molar refractivity (Wildman–Crippen MR) is 205 cm³/mol. The SMILES string of the molecule is CC(C)[C@H]1NC(=O)[C@H](Cc2ccccc2)NC(=O)[C@@H](C(C)C)NC(=O)[C@@H](C)NC(=O)CCCNC(=O)C(CC(=O)c2ccccc2N)NC(=O)[C@@H](C)NC1=O. The number of para-hydroxylation sites is 1. The van der Waals surface area contributed by atoms with E-state index in [1.54, 1.807) is 70.2 Å². The number of carbonyl (C=O) groups is 8. The lowest BCUT2D eigenvalue weighted by Crippen LogP contribution is -2.61. The monoisotopic (exact) mass is 762 g/mol. The summed E-state index contributed by atoms with van der Waals surface area (Å²) in [6, 6.07) is 8.12. The van der Waals surface area contributed by atoms with E-state index < -0.39 is 102 Å². The van der Waals surface area contributed by atoms with Crippen molar-refractivity contribution in [2.75, 3.05) is 12.3 Å². The van der Waals surface area contributed by atoms with Gasteiger partial charge in [0, 0.05) is 37.1 Å². The molecular formula is C39H54N8O8. The highest BCUT2D eigenvalue weighted by Gasteiger charge is 2.34. The van der Waals surface area contributed by atoms with Crippen LogP contribution in [-0.4, -0.2) is 89.9 Å². The van der Waals surface area contributed by atoms with Gasteiger partial charge in [0.05, 0.1) is 0 Å². The second kappa shape index (κ2) is 20.6. The first kappa shape index (κ1) is 43.6. The van der Waals surface area contributed by atoms with Crippen LogP contribution in [0.2, 0.25) is 0 Å². The van der Waals surface area contributed by atoms with Crippen molar-refractivity contribution in [3.05, 3.63) is 65.7 Å². The van der Waals surface area contributed by atoms with Crippen molar-refractivity contribution in [2.24, 2.45) is 11.8 Å². The number of carbonyl (C=O) groups excluding carboxylic acids is 8. The van der Waals surface area contributed by atoms with Crippen molar-refractivity contribution >= 4 is 52.8 Å². The van der Waals surface area contributed by atoms with Gasteiger partial charge < -0.3 is 43.0 Å². The van der Waals surface area contributed by atoms with E-state index in [1.165, 1.54) is 26.0 Å². The van der Waals surface area contributed by atoms with E-state index in [0.29, 0.717) is 5.56 Å². The van der Waals surface area contributed by atoms with E-state index >= 15 is 0 Å². The van der Waals surface area contributed by atoms with Gasteiger partial charge in [0.15, 0.2) is 5.78 Å². The molecule has 16 nitrogen and oxygen atoms in total. The van der Waals surface area contributed by atoms with Crippen molar-refractivity contribution in [1.29, 1.82) is 0 Å². The number of rotatable bonds is 7. The van der Waals surface area contributed by atoms with Crippen LogP contribution in [0.4, 0.5) is 5.69 Å². The van der Waals surface area contributed by atoms with Crippen LogP contribution in [-0.2, 0) is 40.0 Å². The van der Waals surface area contributed by atoms with E-state index in [1.807, 2.05) is 0 Å². The average Bonchev–Trinajstić information content (AvgIpc) is 3.13. The molecule has 1 aliphatic rings. The van der Waals surface area contributed by atoms with Crippen LogP contribution in [0.1, 0.15) is 76.7 Å². The molecule has 1 fully saturated rings. The summed E-state index contributed by atoms with van der Waals surface area (Å²) in [5.74, 6) is -6.08. The van der Waals surface area contributed by atoms with Gasteiger partial charge in [0.1, 0.15) is 36.3 Å². The van der Waals surface area contributed by atoms with Gasteiger partial charge >= 0.3 is 0 Å². The van der Waals surface area contributed by atoms with Crippen LogP contribution in [0.3, 0.4) is 0 Å². The molecule has 298 valence electrons. The first-order valence-electron chi connectivity index (χ1n) is 18.5. The Kier molecular flexibility index (Phi) is 16.3. The summed E-state index contributed by atoms with van der Waals surface area (Å²) in [5.41, 5.74) is 7.04. The Balaban J connectivity index is 1.95. The summed E-state index contributed by atoms with van der Waals surface area (Å²) >= 11 is 0. The summed E-state index contributed by atoms with van der Waals surface area (Å²) in [5, 5.41) is 18.5. The molecule has 7 amide bonds. The molecule has 0 aromatic heterocycles. The molecule has 1 heterocycles. The van der Waals surface area contributed by atoms with Crippen molar-refractivity contribution in [3.8, 4) is 0 Å². The molecule has 0 aliphatic carbocycles. The first-order chi connectivity index (χ1) is 26.0. The molecule has 2 aromatic carbocycles. The molecule has 3 rings (SSSR count). The molecule has 9 N–H and O–H groups in total. The number of nitrogens with one attached hydrogen (secondary N) is 7. The minimum Gasteiger partial charge on any atom is -0.398 e. The lowest BCUT2D eigenvalue weighted by Gasteiger charge is -2.29. The fraction of sp³-hybridized carbons (Fsp3) is 0.487. The van der Waals surface area contributed by atoms with Crippen LogP contribution in [0.15, 0.2) is 54.6 Å². The third-order valence-electron chi connectivity index (χ3n) is 9.10. The molecule has 16 heteroatoms. The Labute approximate surface area is 321 Å². The smallest absolute Gasteiger partial charge is 0.243 e. The number of hydrogen-bond donors (Lipinski definition) is 8. The highest BCUT2D eigenvalue weighted by molar-refractivity contribution is 6.04. The fourth-order valence-corrected chi connectivity index (χ4v) is 5.81. The third-order valence-corrected chi connectivity index (χ3v) is 9.10. The molecule has 2 aromatic rings. The Morgan fingerprint density at radius 2 is 1.16 bits per heavy atom. The lowest BCUT2D eigenvalue weighted by molar-refractivity contribution is -0.136. The quantitative estimate of drug-likeness (QED) is 0.142. The predicted octanol–water partition coefficient (Wildman–Crippen LogP) is 0.255. The van der Waals surface area contributed by atoms with Gasteiger partial charge in [-0.2, -0.15) is 0 Å². The topological polar surface area (TPSA) is 247 Å². The van der Waals surface area contributed by atoms with Crippen molar-refractivity contribution in [3.63, 3.8) is 0 Å². The third kappa shape index (κ3) is 13.2. The Hall–Kier alpha value is -5.80. The van der Waals surface area contributed by atoms with E-state index in [-0.39, 0.29) is 37.1 Å². The molecule has 1 saturated heterocycles. The second-order valence-corrected chi connectivity index (χ2v) is 14.4. The number of benzene rings is 2. The van der Waals surface area contributed by atoms with Crippen LogP contribution in [0.25, 0.3) is 0 Å². The maximum absolute atomic E-state index is 13.9. The first-order valence-corrected chi connectivity index (χ1v) is 18.5. The largest absolute Gasteiger partial charge is 0.398 e. The van der Waals surface area contributed by atoms with E-state index in [0.717, 1.165) is 0 Å². The van der Waals surface area contributed by atoms with Crippen LogP contribution < -0.4 is 43.0 Å². The Morgan fingerprint density at radius 1 is 0.636 bits per heavy atom. The number of hydrogen-bond acceptors (Lipinski definition) is 9. The Morgan fingerprint density at radius 3 is 1.78 bits per heavy atom. The highest BCUT2D eigenvalue weighted by atomic mass is 16.2. The van der Waals surface area contributed by atoms with Crippen molar-refractivity contribution in [2.45, 2.75) is 103 Å². The standard InChI is InChI=1S/C39H54N8O8/c1-21(2)32-38(54)43-24(6)34(50)44-29(20-30(48)26-15-10-11-16-27(26)40)36(52)41-18-12-17-31(49)42-23(5)35(51)46-33(22(3)4)39(55)45-28(37(53)47-32)19-25-13-8-7-9-14-25/h7-11,13-16,21-24,28-29,32-33H,12,17-20,40H2,1-6H3,(H,41,52)(H,42,49)(H,43,54)(H,44,50)(H,45,55)(H,46,51)(H,47,53)/t23-,24-,28+,29?,32-,33-/m1/s1. The minimum absolute atomic E-state index is 0.0112. The number of nitrogens with two attached hydrogens (primary N) is 1. The maximum Gasteiger partial charge on any atom is 0.243 e. The molecule has 0 bridgehead atoms. The summed E-state index contributed by atoms with van der Waals surface area (Å²) in [7, 11) is 0. The van der Waals surface area contributed by atoms with Crippen LogP contribution in [0, 0.1) is 11.8 Å². The summed E-state index contributed by atoms with van der Waals surface area (Å²) < 4.78 is 0. The van der Waals surface area contributed by atoms with Crippen molar-refractivity contribution in [1.82, 2.24) is 37.2 Å². The molecule has 0 saturated carbocycles. The summed E-state index contributed by atoms with van der Waals surface area (Å²) in [6.45, 7) is 9.65. The number of nitrogen functional groups attached to an aromatic ring is 1. The molecule has 1 unspecified atom stereocenters. The zero-order chi connectivity index (χ0) is 40.8. The van der Waals surface area contributed by atoms with E-state index in [4.69, 9.17) is 5.73 Å². The zero-order valence-corrected chi connectivity index (χ0v) is 32.2. The zero-order valence-electron chi connectivity index (χ0n) is 32.2. The highest BCUT2D eigenvalue weighted by Crippen LogP contribution is 2.15. The van der Waals surface area contributed by atoms with Gasteiger partial charge in [-0.3, -0.25) is 38.4 Å². The normalized spacial score (nSPS) is 24.4. The lowest BCUT2D eigenvalue weighted by atomic mass is 9.99. The number of Topliss-reactive ketones (excluding diaryl/α,β-unsaturated/α-hetero) is 1. The van der Waals surface area contributed by atoms with Gasteiger partial charge in [-0.1, -0.05) is 70.2 Å². The van der Waals surface area contributed by atoms with Gasteiger partial charge in [0.2, 0.25) is 41.4 Å². The van der Waals surface area contributed by atoms with Gasteiger partial charge in [-0.05, 0) is 49.8 Å². The van der Waals surface area contributed by atoms with E-state index in [2.05, 4.69) is 37.2 Å². The van der Waals surface area contributed by atoms with Crippen LogP contribution in [0.5, 0.6) is 0 Å². The van der Waals surface area contributed by atoms with Crippen LogP contribution >= 0.6 is 0 Å². The molecular weight excluding hydrogens is 708 g/mol. The molecule has 0 spiro atoms. The number of ketones is 1. The molecule has 1 aliphatic heterocycles. The van der Waals surface area contributed by atoms with E-state index in [9.17, 15) is 38.4 Å². The maximum atomic E-state index is 13.9. The average molecular weight is 763 g/mol. The van der Waals surface area contributed by atoms with Gasteiger partial charge in [-0.15, -0.1) is 0 Å². The van der Waals surface area contributed by atoms with Crippen molar-refractivity contribution < 1.29 is 38.4 Å². The number of anilines is 1. The molecule has 0 radical (unpaired) electrons. The number of amides is 7. The Bertz CT molecular complexity index is 1720. The fourth-order valence-electron chi connectivity index (χ4n) is 5.81. The molecule has 55 heavy (non-hydrogen) atoms. The van der Waals surface area contributed by atoms with Gasteiger partial charge in [0.25, 0.3) is 0 Å². The second-order valence-electron chi connectivity index (χ2n) is 14.4. The van der Waals surface area contributed by atoms with Gasteiger partial charge in [-0.25, -0.2) is 0 Å². The summed E-state index contributed by atoms with van der Waals surface area (Å²) in [4.78, 5) is 107. The summed E-state index contributed by atoms with van der Waals surface area (Å²) in [6.07, 6.45) is -0.350. The molecule has 6 atom stereocenters.